The Balaban J connectivity index is 0.00000180. The number of pyridine rings is 1. The third-order valence-corrected chi connectivity index (χ3v) is 4.77. The fourth-order valence-corrected chi connectivity index (χ4v) is 3.59. The van der Waals surface area contributed by atoms with Gasteiger partial charge in [0.1, 0.15) is 18.6 Å². The lowest BCUT2D eigenvalue weighted by molar-refractivity contribution is -0.616. The molecule has 0 aliphatic carbocycles. The summed E-state index contributed by atoms with van der Waals surface area (Å²) in [4.78, 5) is 3.45. The van der Waals surface area contributed by atoms with Gasteiger partial charge in [0.15, 0.2) is 11.3 Å². The largest absolute Gasteiger partial charge is 0.454 e. The quantitative estimate of drug-likeness (QED) is 0.394. The Morgan fingerprint density at radius 3 is 2.44 bits per heavy atom. The molecule has 0 fully saturated rings. The van der Waals surface area contributed by atoms with Crippen LogP contribution in [-0.4, -0.2) is 4.98 Å². The fourth-order valence-electron chi connectivity index (χ4n) is 3.59. The average Bonchev–Trinajstić information content (AvgIpc) is 3.05. The minimum absolute atomic E-state index is 0. The third-order valence-electron chi connectivity index (χ3n) is 4.77. The SMILES string of the molecule is C[n+]1c2ccc(F)cc2c(Oc2ccccc2)c2[nH]c3ccccc3c21.Cl. The Hall–Kier alpha value is -3.11. The van der Waals surface area contributed by atoms with Crippen molar-refractivity contribution in [3.05, 3.63) is 78.6 Å². The summed E-state index contributed by atoms with van der Waals surface area (Å²) in [5, 5.41) is 1.84. The molecule has 1 N–H and O–H groups in total. The molecule has 0 unspecified atom stereocenters. The summed E-state index contributed by atoms with van der Waals surface area (Å²) in [6.45, 7) is 0. The van der Waals surface area contributed by atoms with Crippen molar-refractivity contribution in [2.24, 2.45) is 7.05 Å². The number of fused-ring (bicyclic) bond motifs is 4. The van der Waals surface area contributed by atoms with Crippen molar-refractivity contribution in [1.82, 2.24) is 4.98 Å². The van der Waals surface area contributed by atoms with Gasteiger partial charge in [-0.25, -0.2) is 4.39 Å². The number of aromatic amines is 1. The van der Waals surface area contributed by atoms with E-state index in [0.29, 0.717) is 11.5 Å². The van der Waals surface area contributed by atoms with E-state index in [1.165, 1.54) is 12.1 Å². The summed E-state index contributed by atoms with van der Waals surface area (Å²) < 4.78 is 22.3. The van der Waals surface area contributed by atoms with Crippen LogP contribution in [-0.2, 0) is 7.05 Å². The molecule has 0 bridgehead atoms. The maximum atomic E-state index is 14.0. The van der Waals surface area contributed by atoms with Gasteiger partial charge in [-0.3, -0.25) is 0 Å². The lowest BCUT2D eigenvalue weighted by Crippen LogP contribution is -2.30. The minimum Gasteiger partial charge on any atom is -0.454 e. The van der Waals surface area contributed by atoms with Crippen LogP contribution in [0, 0.1) is 5.82 Å². The molecule has 0 saturated carbocycles. The van der Waals surface area contributed by atoms with Gasteiger partial charge in [-0.15, -0.1) is 12.4 Å². The van der Waals surface area contributed by atoms with Crippen LogP contribution in [0.25, 0.3) is 32.8 Å². The van der Waals surface area contributed by atoms with Crippen LogP contribution < -0.4 is 9.30 Å². The Kier molecular flexibility index (Phi) is 4.21. The van der Waals surface area contributed by atoms with Crippen LogP contribution in [0.2, 0.25) is 0 Å². The Morgan fingerprint density at radius 2 is 1.63 bits per heavy atom. The summed E-state index contributed by atoms with van der Waals surface area (Å²) in [5.41, 5.74) is 3.82. The molecule has 5 aromatic rings. The molecule has 2 aromatic heterocycles. The molecule has 0 atom stereocenters. The van der Waals surface area contributed by atoms with Crippen LogP contribution in [0.1, 0.15) is 0 Å². The van der Waals surface area contributed by atoms with E-state index < -0.39 is 0 Å². The smallest absolute Gasteiger partial charge is 0.242 e. The van der Waals surface area contributed by atoms with Crippen molar-refractivity contribution in [1.29, 1.82) is 0 Å². The van der Waals surface area contributed by atoms with E-state index in [1.54, 1.807) is 6.07 Å². The summed E-state index contributed by atoms with van der Waals surface area (Å²) in [6.07, 6.45) is 0. The number of para-hydroxylation sites is 2. The number of aromatic nitrogens is 2. The zero-order chi connectivity index (χ0) is 17.7. The van der Waals surface area contributed by atoms with Crippen molar-refractivity contribution < 1.29 is 13.7 Å². The van der Waals surface area contributed by atoms with Gasteiger partial charge in [-0.1, -0.05) is 30.3 Å². The topological polar surface area (TPSA) is 28.9 Å². The number of aryl methyl sites for hydroxylation is 1. The van der Waals surface area contributed by atoms with E-state index in [2.05, 4.69) is 15.6 Å². The first-order chi connectivity index (χ1) is 12.7. The Morgan fingerprint density at radius 1 is 0.889 bits per heavy atom. The minimum atomic E-state index is -0.286. The monoisotopic (exact) mass is 379 g/mol. The number of benzene rings is 3. The molecular formula is C22H17ClFN2O+. The van der Waals surface area contributed by atoms with Crippen LogP contribution in [0.3, 0.4) is 0 Å². The van der Waals surface area contributed by atoms with E-state index in [1.807, 2.05) is 55.6 Å². The van der Waals surface area contributed by atoms with Crippen molar-refractivity contribution in [3.8, 4) is 11.5 Å². The molecule has 3 aromatic carbocycles. The van der Waals surface area contributed by atoms with Crippen LogP contribution in [0.15, 0.2) is 72.8 Å². The third kappa shape index (κ3) is 2.69. The van der Waals surface area contributed by atoms with E-state index in [-0.39, 0.29) is 18.2 Å². The van der Waals surface area contributed by atoms with Gasteiger partial charge in [-0.2, -0.15) is 4.57 Å². The number of hydrogen-bond acceptors (Lipinski definition) is 1. The lowest BCUT2D eigenvalue weighted by atomic mass is 10.1. The number of nitrogens with zero attached hydrogens (tertiary/aromatic N) is 1. The second-order valence-electron chi connectivity index (χ2n) is 6.36. The number of nitrogens with one attached hydrogen (secondary N) is 1. The van der Waals surface area contributed by atoms with Crippen molar-refractivity contribution in [3.63, 3.8) is 0 Å². The zero-order valence-electron chi connectivity index (χ0n) is 14.6. The van der Waals surface area contributed by atoms with Gasteiger partial charge in [-0.05, 0) is 36.4 Å². The van der Waals surface area contributed by atoms with E-state index in [4.69, 9.17) is 4.74 Å². The summed E-state index contributed by atoms with van der Waals surface area (Å²) in [5.74, 6) is 1.06. The Bertz CT molecular complexity index is 1280. The van der Waals surface area contributed by atoms with Gasteiger partial charge in [0.2, 0.25) is 11.0 Å². The van der Waals surface area contributed by atoms with Crippen molar-refractivity contribution in [2.45, 2.75) is 0 Å². The molecule has 0 amide bonds. The summed E-state index contributed by atoms with van der Waals surface area (Å²) >= 11 is 0. The fraction of sp³-hybridized carbons (Fsp3) is 0.0455. The maximum Gasteiger partial charge on any atom is 0.242 e. The predicted molar refractivity (Wildman–Crippen MR) is 108 cm³/mol. The summed E-state index contributed by atoms with van der Waals surface area (Å²) in [6, 6.07) is 22.5. The molecule has 0 spiro atoms. The average molecular weight is 380 g/mol. The van der Waals surface area contributed by atoms with E-state index in [9.17, 15) is 4.39 Å². The molecule has 0 aliphatic rings. The first-order valence-electron chi connectivity index (χ1n) is 8.47. The van der Waals surface area contributed by atoms with Gasteiger partial charge in [0.05, 0.1) is 16.3 Å². The predicted octanol–water partition coefficient (Wildman–Crippen LogP) is 5.65. The Labute approximate surface area is 161 Å². The number of H-pyrrole nitrogens is 1. The molecule has 134 valence electrons. The van der Waals surface area contributed by atoms with E-state index >= 15 is 0 Å². The molecule has 2 heterocycles. The van der Waals surface area contributed by atoms with Crippen molar-refractivity contribution in [2.75, 3.05) is 0 Å². The van der Waals surface area contributed by atoms with Gasteiger partial charge in [0.25, 0.3) is 0 Å². The molecule has 5 heteroatoms. The first kappa shape index (κ1) is 17.3. The van der Waals surface area contributed by atoms with Crippen molar-refractivity contribution >= 4 is 45.2 Å². The second kappa shape index (κ2) is 6.56. The standard InChI is InChI=1S/C22H15FN2O.ClH/c1-25-19-12-11-14(23)13-17(19)22(26-15-7-3-2-4-8-15)20-21(25)16-9-5-6-10-18(16)24-20;/h2-13H,1H3;1H/p+1. The highest BCUT2D eigenvalue weighted by Crippen LogP contribution is 2.37. The molecule has 0 saturated heterocycles. The molecule has 3 nitrogen and oxygen atoms in total. The van der Waals surface area contributed by atoms with Gasteiger partial charge in [0, 0.05) is 6.07 Å². The maximum absolute atomic E-state index is 14.0. The molecular weight excluding hydrogens is 363 g/mol. The zero-order valence-corrected chi connectivity index (χ0v) is 15.4. The highest BCUT2D eigenvalue weighted by molar-refractivity contribution is 6.09. The summed E-state index contributed by atoms with van der Waals surface area (Å²) in [7, 11) is 2.00. The second-order valence-corrected chi connectivity index (χ2v) is 6.36. The molecule has 5 rings (SSSR count). The number of hydrogen-bond donors (Lipinski definition) is 1. The lowest BCUT2D eigenvalue weighted by Gasteiger charge is -2.10. The van der Waals surface area contributed by atoms with Crippen LogP contribution in [0.5, 0.6) is 11.5 Å². The first-order valence-corrected chi connectivity index (χ1v) is 8.47. The number of rotatable bonds is 2. The number of ether oxygens (including phenoxy) is 1. The number of halogens is 2. The van der Waals surface area contributed by atoms with Crippen LogP contribution in [0.4, 0.5) is 4.39 Å². The van der Waals surface area contributed by atoms with Gasteiger partial charge < -0.3 is 9.72 Å². The highest BCUT2D eigenvalue weighted by Gasteiger charge is 2.24. The van der Waals surface area contributed by atoms with Crippen LogP contribution >= 0.6 is 12.4 Å². The highest BCUT2D eigenvalue weighted by atomic mass is 35.5. The van der Waals surface area contributed by atoms with E-state index in [0.717, 1.165) is 32.8 Å². The molecule has 0 aliphatic heterocycles. The molecule has 0 radical (unpaired) electrons. The normalized spacial score (nSPS) is 11.0. The molecule has 27 heavy (non-hydrogen) atoms. The van der Waals surface area contributed by atoms with Gasteiger partial charge >= 0.3 is 0 Å².